The summed E-state index contributed by atoms with van der Waals surface area (Å²) in [7, 11) is 0. The highest BCUT2D eigenvalue weighted by molar-refractivity contribution is 5.95. The predicted octanol–water partition coefficient (Wildman–Crippen LogP) is 2.84. The van der Waals surface area contributed by atoms with Crippen LogP contribution in [0.4, 0.5) is 11.6 Å². The van der Waals surface area contributed by atoms with Crippen molar-refractivity contribution in [2.75, 3.05) is 5.32 Å². The Morgan fingerprint density at radius 3 is 2.55 bits per heavy atom. The molecule has 0 spiro atoms. The molecule has 0 fully saturated rings. The van der Waals surface area contributed by atoms with Gasteiger partial charge in [0.05, 0.1) is 17.1 Å². The Morgan fingerprint density at radius 2 is 1.77 bits per heavy atom. The van der Waals surface area contributed by atoms with E-state index < -0.39 is 5.91 Å². The van der Waals surface area contributed by atoms with Crippen molar-refractivity contribution >= 4 is 34.7 Å². The Morgan fingerprint density at radius 1 is 1.00 bits per heavy atom. The number of phenolic OH excluding ortho intramolecular Hbond substituents is 2. The molecule has 4 aromatic rings. The first-order valence-electron chi connectivity index (χ1n) is 9.21. The highest BCUT2D eigenvalue weighted by Crippen LogP contribution is 2.24. The monoisotopic (exact) mass is 415 g/mol. The Hall–Kier alpha value is -4.66. The van der Waals surface area contributed by atoms with Crippen molar-refractivity contribution in [3.63, 3.8) is 0 Å². The number of hydrazone groups is 1. The molecule has 1 amide bonds. The van der Waals surface area contributed by atoms with Crippen LogP contribution < -0.4 is 16.3 Å². The number of phenols is 2. The van der Waals surface area contributed by atoms with E-state index in [1.807, 2.05) is 0 Å². The van der Waals surface area contributed by atoms with E-state index in [0.29, 0.717) is 33.7 Å². The minimum Gasteiger partial charge on any atom is -0.504 e. The van der Waals surface area contributed by atoms with Gasteiger partial charge in [-0.25, -0.2) is 10.4 Å². The number of hydrogen-bond acceptors (Lipinski definition) is 7. The number of aromatic hydroxyl groups is 2. The van der Waals surface area contributed by atoms with Crippen LogP contribution in [0.2, 0.25) is 0 Å². The van der Waals surface area contributed by atoms with Crippen molar-refractivity contribution < 1.29 is 15.0 Å². The van der Waals surface area contributed by atoms with Crippen molar-refractivity contribution in [3.05, 3.63) is 88.2 Å². The lowest BCUT2D eigenvalue weighted by Gasteiger charge is -2.07. The lowest BCUT2D eigenvalue weighted by molar-refractivity contribution is 0.0955. The molecule has 0 atom stereocenters. The van der Waals surface area contributed by atoms with Crippen molar-refractivity contribution in [2.24, 2.45) is 5.10 Å². The molecule has 9 heteroatoms. The lowest BCUT2D eigenvalue weighted by atomic mass is 10.2. The molecule has 0 aliphatic heterocycles. The lowest BCUT2D eigenvalue weighted by Crippen LogP contribution is -2.17. The normalized spacial score (nSPS) is 11.0. The minimum absolute atomic E-state index is 0.238. The van der Waals surface area contributed by atoms with E-state index in [4.69, 9.17) is 0 Å². The fraction of sp³-hybridized carbons (Fsp3) is 0. The molecule has 0 bridgehead atoms. The summed E-state index contributed by atoms with van der Waals surface area (Å²) < 4.78 is 0. The number of nitrogens with zero attached hydrogens (tertiary/aromatic N) is 2. The van der Waals surface area contributed by atoms with E-state index in [1.54, 1.807) is 48.5 Å². The second-order valence-electron chi connectivity index (χ2n) is 6.58. The van der Waals surface area contributed by atoms with Gasteiger partial charge >= 0.3 is 0 Å². The molecule has 0 unspecified atom stereocenters. The summed E-state index contributed by atoms with van der Waals surface area (Å²) in [6, 6.07) is 17.7. The Bertz CT molecular complexity index is 1350. The van der Waals surface area contributed by atoms with Crippen LogP contribution in [0.1, 0.15) is 15.9 Å². The van der Waals surface area contributed by atoms with Crippen molar-refractivity contribution in [3.8, 4) is 11.5 Å². The first kappa shape index (κ1) is 19.6. The largest absolute Gasteiger partial charge is 0.504 e. The third-order valence-electron chi connectivity index (χ3n) is 4.40. The average molecular weight is 415 g/mol. The number of rotatable bonds is 5. The number of aromatic amines is 1. The summed E-state index contributed by atoms with van der Waals surface area (Å²) in [6.07, 6.45) is 1.34. The molecule has 5 N–H and O–H groups in total. The third kappa shape index (κ3) is 4.51. The van der Waals surface area contributed by atoms with E-state index in [9.17, 15) is 19.8 Å². The van der Waals surface area contributed by atoms with Crippen LogP contribution in [0.3, 0.4) is 0 Å². The fourth-order valence-corrected chi connectivity index (χ4v) is 2.84. The average Bonchev–Trinajstić information content (AvgIpc) is 2.77. The number of amides is 1. The molecule has 3 aromatic carbocycles. The van der Waals surface area contributed by atoms with Gasteiger partial charge in [0.2, 0.25) is 5.95 Å². The maximum absolute atomic E-state index is 12.2. The molecule has 9 nitrogen and oxygen atoms in total. The zero-order valence-electron chi connectivity index (χ0n) is 16.0. The maximum atomic E-state index is 12.2. The number of benzene rings is 3. The molecular weight excluding hydrogens is 398 g/mol. The summed E-state index contributed by atoms with van der Waals surface area (Å²) in [5.74, 6) is -0.649. The van der Waals surface area contributed by atoms with Gasteiger partial charge in [-0.3, -0.25) is 14.6 Å². The first-order valence-corrected chi connectivity index (χ1v) is 9.21. The molecule has 1 aromatic heterocycles. The fourth-order valence-electron chi connectivity index (χ4n) is 2.84. The van der Waals surface area contributed by atoms with Gasteiger partial charge in [-0.2, -0.15) is 5.10 Å². The van der Waals surface area contributed by atoms with E-state index in [1.165, 1.54) is 24.4 Å². The van der Waals surface area contributed by atoms with Crippen LogP contribution in [0.15, 0.2) is 76.6 Å². The number of hydrogen-bond donors (Lipinski definition) is 5. The summed E-state index contributed by atoms with van der Waals surface area (Å²) in [5.41, 5.74) is 4.23. The summed E-state index contributed by atoms with van der Waals surface area (Å²) in [5, 5.41) is 26.1. The van der Waals surface area contributed by atoms with Gasteiger partial charge < -0.3 is 15.5 Å². The number of carbonyl (C=O) groups is 1. The molecule has 154 valence electrons. The molecule has 0 radical (unpaired) electrons. The smallest absolute Gasteiger partial charge is 0.271 e. The van der Waals surface area contributed by atoms with Crippen LogP contribution in [-0.4, -0.2) is 32.3 Å². The maximum Gasteiger partial charge on any atom is 0.271 e. The van der Waals surface area contributed by atoms with E-state index in [2.05, 4.69) is 25.8 Å². The van der Waals surface area contributed by atoms with Gasteiger partial charge in [0.1, 0.15) is 0 Å². The number of para-hydroxylation sites is 1. The van der Waals surface area contributed by atoms with Gasteiger partial charge in [-0.1, -0.05) is 12.1 Å². The number of nitrogens with one attached hydrogen (secondary N) is 3. The standard InChI is InChI=1S/C22H17N5O4/c28-18-10-5-13(11-19(18)29)12-23-27-20(30)14-6-8-15(9-7-14)24-22-25-17-4-2-1-3-16(17)21(31)26-22/h1-12,28-29H,(H,27,30)(H2,24,25,26,31)/b23-12-. The van der Waals surface area contributed by atoms with E-state index in [0.717, 1.165) is 0 Å². The zero-order chi connectivity index (χ0) is 21.8. The Labute approximate surface area is 175 Å². The molecule has 0 saturated heterocycles. The molecule has 0 aliphatic rings. The molecule has 31 heavy (non-hydrogen) atoms. The molecular formula is C22H17N5O4. The zero-order valence-corrected chi connectivity index (χ0v) is 16.0. The highest BCUT2D eigenvalue weighted by Gasteiger charge is 2.06. The molecule has 4 rings (SSSR count). The number of carbonyl (C=O) groups excluding carboxylic acids is 1. The number of anilines is 2. The van der Waals surface area contributed by atoms with Crippen LogP contribution in [0.25, 0.3) is 10.9 Å². The minimum atomic E-state index is -0.428. The highest BCUT2D eigenvalue weighted by atomic mass is 16.3. The van der Waals surface area contributed by atoms with Gasteiger partial charge in [-0.15, -0.1) is 0 Å². The van der Waals surface area contributed by atoms with E-state index in [-0.39, 0.29) is 17.1 Å². The van der Waals surface area contributed by atoms with Crippen LogP contribution in [0, 0.1) is 0 Å². The molecule has 0 aliphatic carbocycles. The van der Waals surface area contributed by atoms with Crippen molar-refractivity contribution in [1.82, 2.24) is 15.4 Å². The second kappa shape index (κ2) is 8.37. The SMILES string of the molecule is O=C(N/N=C\c1ccc(O)c(O)c1)c1ccc(Nc2nc3ccccc3c(=O)[nH]2)cc1. The van der Waals surface area contributed by atoms with Crippen LogP contribution in [0.5, 0.6) is 11.5 Å². The van der Waals surface area contributed by atoms with Crippen molar-refractivity contribution in [1.29, 1.82) is 0 Å². The quantitative estimate of drug-likeness (QED) is 0.193. The van der Waals surface area contributed by atoms with E-state index >= 15 is 0 Å². The van der Waals surface area contributed by atoms with Gasteiger partial charge in [0, 0.05) is 11.3 Å². The number of H-pyrrole nitrogens is 1. The summed E-state index contributed by atoms with van der Waals surface area (Å²) in [4.78, 5) is 31.4. The van der Waals surface area contributed by atoms with Gasteiger partial charge in [-0.05, 0) is 60.2 Å². The third-order valence-corrected chi connectivity index (χ3v) is 4.40. The predicted molar refractivity (Wildman–Crippen MR) is 117 cm³/mol. The Balaban J connectivity index is 1.42. The second-order valence-corrected chi connectivity index (χ2v) is 6.58. The molecule has 0 saturated carbocycles. The number of fused-ring (bicyclic) bond motifs is 1. The Kier molecular flexibility index (Phi) is 5.31. The number of aromatic nitrogens is 2. The van der Waals surface area contributed by atoms with Crippen LogP contribution in [-0.2, 0) is 0 Å². The first-order chi connectivity index (χ1) is 15.0. The summed E-state index contributed by atoms with van der Waals surface area (Å²) >= 11 is 0. The molecule has 1 heterocycles. The summed E-state index contributed by atoms with van der Waals surface area (Å²) in [6.45, 7) is 0. The van der Waals surface area contributed by atoms with Crippen LogP contribution >= 0.6 is 0 Å². The topological polar surface area (TPSA) is 140 Å². The van der Waals surface area contributed by atoms with Gasteiger partial charge in [0.15, 0.2) is 11.5 Å². The van der Waals surface area contributed by atoms with Crippen molar-refractivity contribution in [2.45, 2.75) is 0 Å². The van der Waals surface area contributed by atoms with Gasteiger partial charge in [0.25, 0.3) is 11.5 Å².